The fraction of sp³-hybridized carbons (Fsp3) is 0.286. The second kappa shape index (κ2) is 6.65. The third-order valence-corrected chi connectivity index (χ3v) is 5.95. The van der Waals surface area contributed by atoms with Gasteiger partial charge in [0.25, 0.3) is 0 Å². The molecule has 2 atom stereocenters. The van der Waals surface area contributed by atoms with E-state index in [1.807, 2.05) is 0 Å². The first kappa shape index (κ1) is 18.6. The maximum atomic E-state index is 15.1. The Balaban J connectivity index is 1.41. The van der Waals surface area contributed by atoms with Gasteiger partial charge in [-0.1, -0.05) is 11.6 Å². The molecule has 2 unspecified atom stereocenters. The first-order valence-electron chi connectivity index (χ1n) is 9.94. The number of halogens is 3. The summed E-state index contributed by atoms with van der Waals surface area (Å²) in [5, 5.41) is 10.1. The van der Waals surface area contributed by atoms with Crippen molar-refractivity contribution in [2.24, 2.45) is 5.92 Å². The van der Waals surface area contributed by atoms with Crippen LogP contribution in [-0.4, -0.2) is 37.8 Å². The number of alkyl halides is 1. The quantitative estimate of drug-likeness (QED) is 0.475. The van der Waals surface area contributed by atoms with Crippen molar-refractivity contribution in [2.45, 2.75) is 31.5 Å². The number of nitrogens with zero attached hydrogens (tertiary/aromatic N) is 3. The maximum absolute atomic E-state index is 15.1. The zero-order valence-corrected chi connectivity index (χ0v) is 16.8. The number of ether oxygens (including phenoxy) is 1. The average molecular weight is 444 g/mol. The molecule has 4 aromatic rings. The molecule has 2 aliphatic carbocycles. The fourth-order valence-corrected chi connectivity index (χ4v) is 3.98. The van der Waals surface area contributed by atoms with Crippen LogP contribution in [0.2, 0.25) is 5.02 Å². The summed E-state index contributed by atoms with van der Waals surface area (Å²) < 4.78 is 35.6. The van der Waals surface area contributed by atoms with E-state index < -0.39 is 17.9 Å². The number of aromatic amines is 1. The minimum absolute atomic E-state index is 0.00200. The third-order valence-electron chi connectivity index (χ3n) is 5.60. The van der Waals surface area contributed by atoms with E-state index in [0.717, 1.165) is 12.8 Å². The summed E-state index contributed by atoms with van der Waals surface area (Å²) in [6, 6.07) is 3.50. The van der Waals surface area contributed by atoms with Crippen LogP contribution in [0, 0.1) is 11.7 Å². The van der Waals surface area contributed by atoms with Crippen LogP contribution < -0.4 is 10.1 Å². The van der Waals surface area contributed by atoms with Crippen LogP contribution in [0.3, 0.4) is 0 Å². The van der Waals surface area contributed by atoms with E-state index in [9.17, 15) is 9.18 Å². The van der Waals surface area contributed by atoms with Crippen LogP contribution >= 0.6 is 11.6 Å². The molecule has 3 aromatic heterocycles. The Hall–Kier alpha value is -3.20. The molecule has 6 rings (SSSR count). The Bertz CT molecular complexity index is 1360. The minimum Gasteiger partial charge on any atom is -0.485 e. The summed E-state index contributed by atoms with van der Waals surface area (Å²) in [4.78, 5) is 16.3. The van der Waals surface area contributed by atoms with Crippen LogP contribution in [0.1, 0.15) is 19.3 Å². The molecule has 0 radical (unpaired) electrons. The molecule has 10 heteroatoms. The highest BCUT2D eigenvalue weighted by molar-refractivity contribution is 6.35. The Morgan fingerprint density at radius 3 is 2.87 bits per heavy atom. The van der Waals surface area contributed by atoms with Crippen molar-refractivity contribution in [1.29, 1.82) is 0 Å². The van der Waals surface area contributed by atoms with Crippen LogP contribution in [0.15, 0.2) is 30.7 Å². The Morgan fingerprint density at radius 1 is 1.32 bits per heavy atom. The molecule has 7 nitrogen and oxygen atoms in total. The number of hydrogen-bond donors (Lipinski definition) is 2. The Morgan fingerprint density at radius 2 is 2.13 bits per heavy atom. The molecule has 2 N–H and O–H groups in total. The smallest absolute Gasteiger partial charge is 0.231 e. The van der Waals surface area contributed by atoms with Gasteiger partial charge < -0.3 is 14.5 Å². The lowest BCUT2D eigenvalue weighted by Crippen LogP contribution is -2.15. The molecule has 0 spiro atoms. The normalized spacial score (nSPS) is 20.4. The van der Waals surface area contributed by atoms with E-state index in [2.05, 4.69) is 20.5 Å². The van der Waals surface area contributed by atoms with Crippen molar-refractivity contribution in [1.82, 2.24) is 19.6 Å². The van der Waals surface area contributed by atoms with Gasteiger partial charge >= 0.3 is 0 Å². The number of rotatable bonds is 5. The Labute approximate surface area is 179 Å². The number of nitrogens with one attached hydrogen (secondary N) is 2. The number of H-pyrrole nitrogens is 1. The maximum Gasteiger partial charge on any atom is 0.231 e. The largest absolute Gasteiger partial charge is 0.485 e. The van der Waals surface area contributed by atoms with Gasteiger partial charge in [0, 0.05) is 22.7 Å². The number of carbonyl (C=O) groups is 1. The molecule has 158 valence electrons. The zero-order valence-electron chi connectivity index (χ0n) is 16.0. The molecule has 0 saturated heterocycles. The molecule has 2 fully saturated rings. The van der Waals surface area contributed by atoms with E-state index in [1.165, 1.54) is 0 Å². The lowest BCUT2D eigenvalue weighted by molar-refractivity contribution is -0.117. The summed E-state index contributed by atoms with van der Waals surface area (Å²) in [6.45, 7) is 0. The number of anilines is 1. The molecule has 0 bridgehead atoms. The van der Waals surface area contributed by atoms with Gasteiger partial charge in [0.1, 0.15) is 17.3 Å². The van der Waals surface area contributed by atoms with E-state index in [0.29, 0.717) is 33.5 Å². The van der Waals surface area contributed by atoms with Gasteiger partial charge in [0.15, 0.2) is 17.4 Å². The topological polar surface area (TPSA) is 84.3 Å². The summed E-state index contributed by atoms with van der Waals surface area (Å²) in [6.07, 6.45) is 5.88. The van der Waals surface area contributed by atoms with E-state index >= 15 is 4.39 Å². The number of imidazole rings is 1. The number of fused-ring (bicyclic) bond motifs is 2. The van der Waals surface area contributed by atoms with Crippen molar-refractivity contribution >= 4 is 39.9 Å². The van der Waals surface area contributed by atoms with Crippen LogP contribution in [0.5, 0.6) is 5.75 Å². The lowest BCUT2D eigenvalue weighted by atomic mass is 10.0. The molecule has 3 heterocycles. The van der Waals surface area contributed by atoms with Crippen molar-refractivity contribution in [3.63, 3.8) is 0 Å². The van der Waals surface area contributed by atoms with Gasteiger partial charge in [-0.05, 0) is 31.4 Å². The van der Waals surface area contributed by atoms with Crippen molar-refractivity contribution in [3.05, 3.63) is 41.6 Å². The van der Waals surface area contributed by atoms with Gasteiger partial charge in [0.2, 0.25) is 5.91 Å². The fourth-order valence-electron chi connectivity index (χ4n) is 3.69. The Kier molecular flexibility index (Phi) is 3.98. The van der Waals surface area contributed by atoms with Crippen LogP contribution in [0.4, 0.5) is 14.6 Å². The molecule has 1 amide bonds. The summed E-state index contributed by atoms with van der Waals surface area (Å²) in [7, 11) is 0. The number of aromatic nitrogens is 4. The SMILES string of the molecule is O=C(Nc1cn2cc(-c3c(Cl)c(F)c(OC4CC4)c4[nH]ncc34)ccc2n1)C1CC1F. The molecule has 0 aliphatic heterocycles. The van der Waals surface area contributed by atoms with Crippen molar-refractivity contribution < 1.29 is 18.3 Å². The average Bonchev–Trinajstić information content (AvgIpc) is 3.61. The predicted octanol–water partition coefficient (Wildman–Crippen LogP) is 4.51. The lowest BCUT2D eigenvalue weighted by Gasteiger charge is -2.13. The molecule has 31 heavy (non-hydrogen) atoms. The van der Waals surface area contributed by atoms with Crippen molar-refractivity contribution in [3.8, 4) is 16.9 Å². The number of amides is 1. The van der Waals surface area contributed by atoms with Gasteiger partial charge in [-0.2, -0.15) is 5.10 Å². The first-order chi connectivity index (χ1) is 15.0. The van der Waals surface area contributed by atoms with E-state index in [1.54, 1.807) is 35.1 Å². The summed E-state index contributed by atoms with van der Waals surface area (Å²) in [5.41, 5.74) is 2.14. The first-order valence-corrected chi connectivity index (χ1v) is 10.3. The van der Waals surface area contributed by atoms with Crippen molar-refractivity contribution in [2.75, 3.05) is 5.32 Å². The molecule has 2 aliphatic rings. The highest BCUT2D eigenvalue weighted by Crippen LogP contribution is 2.44. The van der Waals surface area contributed by atoms with E-state index in [-0.39, 0.29) is 29.2 Å². The number of hydrogen-bond acceptors (Lipinski definition) is 4. The number of benzene rings is 1. The predicted molar refractivity (Wildman–Crippen MR) is 111 cm³/mol. The van der Waals surface area contributed by atoms with Crippen LogP contribution in [-0.2, 0) is 4.79 Å². The molecule has 2 saturated carbocycles. The minimum atomic E-state index is -1.08. The highest BCUT2D eigenvalue weighted by atomic mass is 35.5. The third kappa shape index (κ3) is 3.11. The monoisotopic (exact) mass is 443 g/mol. The van der Waals surface area contributed by atoms with Crippen LogP contribution in [0.25, 0.3) is 27.7 Å². The highest BCUT2D eigenvalue weighted by Gasteiger charge is 2.43. The zero-order chi connectivity index (χ0) is 21.3. The summed E-state index contributed by atoms with van der Waals surface area (Å²) in [5.74, 6) is -1.21. The van der Waals surface area contributed by atoms with Gasteiger partial charge in [-0.15, -0.1) is 0 Å². The summed E-state index contributed by atoms with van der Waals surface area (Å²) >= 11 is 6.44. The molecule has 1 aromatic carbocycles. The second-order valence-electron chi connectivity index (χ2n) is 7.96. The number of carbonyl (C=O) groups excluding carboxylic acids is 1. The second-order valence-corrected chi connectivity index (χ2v) is 8.34. The van der Waals surface area contributed by atoms with Gasteiger partial charge in [-0.25, -0.2) is 13.8 Å². The van der Waals surface area contributed by atoms with Gasteiger partial charge in [0.05, 0.1) is 29.4 Å². The number of pyridine rings is 1. The standard InChI is InChI=1S/C21H16ClF2N5O2/c22-17-16(12-6-25-28-19(12)20(18(17)24)31-10-2-3-10)9-1-4-15-26-14(8-29(15)7-9)27-21(30)11-5-13(11)23/h1,4,6-8,10-11,13H,2-3,5H2,(H,25,28)(H,27,30). The van der Waals surface area contributed by atoms with Gasteiger partial charge in [-0.3, -0.25) is 9.89 Å². The molecular formula is C21H16ClF2N5O2. The molecular weight excluding hydrogens is 428 g/mol. The van der Waals surface area contributed by atoms with E-state index in [4.69, 9.17) is 16.3 Å².